The maximum Gasteiger partial charge on any atom is 0.119 e. The van der Waals surface area contributed by atoms with Gasteiger partial charge >= 0.3 is 0 Å². The molecule has 2 unspecified atom stereocenters. The van der Waals surface area contributed by atoms with Crippen LogP contribution in [0, 0.1) is 0 Å². The highest BCUT2D eigenvalue weighted by atomic mass is 16.5. The van der Waals surface area contributed by atoms with Crippen LogP contribution >= 0.6 is 0 Å². The number of hydrogen-bond acceptors (Lipinski definition) is 2. The van der Waals surface area contributed by atoms with Gasteiger partial charge in [-0.1, -0.05) is 48.9 Å². The fraction of sp³-hybridized carbons (Fsp3) is 0.429. The lowest BCUT2D eigenvalue weighted by molar-refractivity contribution is 0.216. The van der Waals surface area contributed by atoms with Gasteiger partial charge in [0.05, 0.1) is 0 Å². The van der Waals surface area contributed by atoms with Crippen molar-refractivity contribution in [3.8, 4) is 5.75 Å². The van der Waals surface area contributed by atoms with Gasteiger partial charge in [-0.2, -0.15) is 0 Å². The van der Waals surface area contributed by atoms with Crippen LogP contribution in [0.3, 0.4) is 0 Å². The van der Waals surface area contributed by atoms with Gasteiger partial charge in [0.15, 0.2) is 0 Å². The van der Waals surface area contributed by atoms with Crippen LogP contribution < -0.4 is 4.74 Å². The van der Waals surface area contributed by atoms with E-state index in [1.165, 1.54) is 49.9 Å². The molecule has 120 valence electrons. The maximum atomic E-state index is 5.88. The quantitative estimate of drug-likeness (QED) is 0.800. The highest BCUT2D eigenvalue weighted by Crippen LogP contribution is 2.45. The zero-order chi connectivity index (χ0) is 15.5. The van der Waals surface area contributed by atoms with E-state index in [1.54, 1.807) is 0 Å². The molecule has 0 N–H and O–H groups in total. The predicted molar refractivity (Wildman–Crippen MR) is 93.8 cm³/mol. The zero-order valence-corrected chi connectivity index (χ0v) is 13.7. The molecule has 2 fully saturated rings. The molecular formula is C21H25NO. The minimum atomic E-state index is 0.639. The van der Waals surface area contributed by atoms with E-state index in [1.807, 2.05) is 6.07 Å². The van der Waals surface area contributed by atoms with E-state index in [-0.39, 0.29) is 0 Å². The SMILES string of the molecule is c1ccc(COc2ccc(C3CC3N3CCCCC3)cc2)cc1. The largest absolute Gasteiger partial charge is 0.489 e. The molecule has 2 aromatic carbocycles. The summed E-state index contributed by atoms with van der Waals surface area (Å²) < 4.78 is 5.88. The number of ether oxygens (including phenoxy) is 1. The van der Waals surface area contributed by atoms with Crippen molar-refractivity contribution < 1.29 is 4.74 Å². The molecular weight excluding hydrogens is 282 g/mol. The topological polar surface area (TPSA) is 12.5 Å². The molecule has 1 saturated carbocycles. The fourth-order valence-electron chi connectivity index (χ4n) is 3.75. The van der Waals surface area contributed by atoms with Gasteiger partial charge in [-0.05, 0) is 55.6 Å². The van der Waals surface area contributed by atoms with Crippen LogP contribution in [-0.4, -0.2) is 24.0 Å². The van der Waals surface area contributed by atoms with Crippen LogP contribution in [0.4, 0.5) is 0 Å². The normalized spacial score (nSPS) is 24.3. The molecule has 2 aliphatic rings. The molecule has 1 aliphatic carbocycles. The summed E-state index contributed by atoms with van der Waals surface area (Å²) in [6, 6.07) is 19.9. The first-order valence-corrected chi connectivity index (χ1v) is 8.91. The van der Waals surface area contributed by atoms with E-state index < -0.39 is 0 Å². The molecule has 1 saturated heterocycles. The average Bonchev–Trinajstić information content (AvgIpc) is 3.43. The van der Waals surface area contributed by atoms with Crippen LogP contribution in [0.1, 0.15) is 42.7 Å². The molecule has 0 radical (unpaired) electrons. The molecule has 23 heavy (non-hydrogen) atoms. The van der Waals surface area contributed by atoms with Crippen molar-refractivity contribution in [1.82, 2.24) is 4.90 Å². The highest BCUT2D eigenvalue weighted by molar-refractivity contribution is 5.34. The van der Waals surface area contributed by atoms with Crippen LogP contribution in [0.25, 0.3) is 0 Å². The third kappa shape index (κ3) is 3.59. The van der Waals surface area contributed by atoms with E-state index in [9.17, 15) is 0 Å². The number of nitrogens with zero attached hydrogens (tertiary/aromatic N) is 1. The Balaban J connectivity index is 1.32. The van der Waals surface area contributed by atoms with Crippen LogP contribution in [-0.2, 0) is 6.61 Å². The second-order valence-electron chi connectivity index (χ2n) is 6.85. The van der Waals surface area contributed by atoms with Crippen molar-refractivity contribution in [1.29, 1.82) is 0 Å². The Hall–Kier alpha value is -1.80. The molecule has 0 spiro atoms. The van der Waals surface area contributed by atoms with Crippen LogP contribution in [0.5, 0.6) is 5.75 Å². The smallest absolute Gasteiger partial charge is 0.119 e. The molecule has 2 aromatic rings. The van der Waals surface area contributed by atoms with Crippen LogP contribution in [0.2, 0.25) is 0 Å². The van der Waals surface area contributed by atoms with Gasteiger partial charge < -0.3 is 4.74 Å². The summed E-state index contributed by atoms with van der Waals surface area (Å²) in [6.45, 7) is 3.25. The van der Waals surface area contributed by atoms with E-state index in [0.717, 1.165) is 17.7 Å². The maximum absolute atomic E-state index is 5.88. The fourth-order valence-corrected chi connectivity index (χ4v) is 3.75. The van der Waals surface area contributed by atoms with Gasteiger partial charge in [0.25, 0.3) is 0 Å². The van der Waals surface area contributed by atoms with Crippen molar-refractivity contribution in [2.24, 2.45) is 0 Å². The lowest BCUT2D eigenvalue weighted by atomic mass is 10.1. The van der Waals surface area contributed by atoms with Gasteiger partial charge in [-0.3, -0.25) is 4.90 Å². The number of piperidine rings is 1. The molecule has 2 nitrogen and oxygen atoms in total. The van der Waals surface area contributed by atoms with Crippen molar-refractivity contribution in [2.45, 2.75) is 44.2 Å². The Labute approximate surface area is 139 Å². The number of rotatable bonds is 5. The third-order valence-corrected chi connectivity index (χ3v) is 5.17. The first-order chi connectivity index (χ1) is 11.4. The summed E-state index contributed by atoms with van der Waals surface area (Å²) in [5.41, 5.74) is 2.69. The summed E-state index contributed by atoms with van der Waals surface area (Å²) in [7, 11) is 0. The molecule has 2 heteroatoms. The molecule has 0 amide bonds. The summed E-state index contributed by atoms with van der Waals surface area (Å²) in [5.74, 6) is 1.71. The second kappa shape index (κ2) is 6.76. The molecule has 1 heterocycles. The average molecular weight is 307 g/mol. The van der Waals surface area contributed by atoms with E-state index in [2.05, 4.69) is 53.4 Å². The molecule has 2 atom stereocenters. The monoisotopic (exact) mass is 307 g/mol. The minimum Gasteiger partial charge on any atom is -0.489 e. The van der Waals surface area contributed by atoms with E-state index in [4.69, 9.17) is 4.74 Å². The standard InChI is InChI=1S/C21H25NO/c1-3-7-17(8-4-1)16-23-19-11-9-18(10-12-19)20-15-21(20)22-13-5-2-6-14-22/h1,3-4,7-12,20-21H,2,5-6,13-16H2. The third-order valence-electron chi connectivity index (χ3n) is 5.17. The number of benzene rings is 2. The van der Waals surface area contributed by atoms with Gasteiger partial charge in [0.1, 0.15) is 12.4 Å². The van der Waals surface area contributed by atoms with Crippen molar-refractivity contribution in [3.63, 3.8) is 0 Å². The Morgan fingerprint density at radius 3 is 2.35 bits per heavy atom. The first kappa shape index (κ1) is 14.8. The number of hydrogen-bond donors (Lipinski definition) is 0. The molecule has 4 rings (SSSR count). The Morgan fingerprint density at radius 2 is 1.61 bits per heavy atom. The summed E-state index contributed by atoms with van der Waals surface area (Å²) >= 11 is 0. The Bertz CT molecular complexity index is 616. The van der Waals surface area contributed by atoms with Crippen molar-refractivity contribution in [3.05, 3.63) is 65.7 Å². The first-order valence-electron chi connectivity index (χ1n) is 8.91. The second-order valence-corrected chi connectivity index (χ2v) is 6.85. The Morgan fingerprint density at radius 1 is 0.870 bits per heavy atom. The van der Waals surface area contributed by atoms with Crippen LogP contribution in [0.15, 0.2) is 54.6 Å². The van der Waals surface area contributed by atoms with Gasteiger partial charge in [0.2, 0.25) is 0 Å². The molecule has 0 aromatic heterocycles. The lowest BCUT2D eigenvalue weighted by Crippen LogP contribution is -2.32. The Kier molecular flexibility index (Phi) is 4.34. The summed E-state index contributed by atoms with van der Waals surface area (Å²) in [6.07, 6.45) is 5.52. The minimum absolute atomic E-state index is 0.639. The summed E-state index contributed by atoms with van der Waals surface area (Å²) in [4.78, 5) is 2.70. The number of likely N-dealkylation sites (tertiary alicyclic amines) is 1. The van der Waals surface area contributed by atoms with Gasteiger partial charge in [0, 0.05) is 12.0 Å². The highest BCUT2D eigenvalue weighted by Gasteiger charge is 2.42. The lowest BCUT2D eigenvalue weighted by Gasteiger charge is -2.26. The van der Waals surface area contributed by atoms with E-state index in [0.29, 0.717) is 6.61 Å². The van der Waals surface area contributed by atoms with E-state index >= 15 is 0 Å². The summed E-state index contributed by atoms with van der Waals surface area (Å²) in [5, 5.41) is 0. The van der Waals surface area contributed by atoms with Gasteiger partial charge in [-0.15, -0.1) is 0 Å². The predicted octanol–water partition coefficient (Wildman–Crippen LogP) is 4.61. The molecule has 1 aliphatic heterocycles. The zero-order valence-electron chi connectivity index (χ0n) is 13.7. The van der Waals surface area contributed by atoms with Crippen molar-refractivity contribution in [2.75, 3.05) is 13.1 Å². The molecule has 0 bridgehead atoms. The van der Waals surface area contributed by atoms with Gasteiger partial charge in [-0.25, -0.2) is 0 Å². The van der Waals surface area contributed by atoms with Crippen molar-refractivity contribution >= 4 is 0 Å².